The van der Waals surface area contributed by atoms with Crippen molar-refractivity contribution in [2.75, 3.05) is 13.2 Å². The highest BCUT2D eigenvalue weighted by Gasteiger charge is 2.22. The van der Waals surface area contributed by atoms with Gasteiger partial charge < -0.3 is 19.3 Å². The highest BCUT2D eigenvalue weighted by atomic mass is 31.2. The number of ether oxygens (including phenoxy) is 2. The molecule has 2 N–H and O–H groups in total. The lowest BCUT2D eigenvalue weighted by atomic mass is 10.0. The van der Waals surface area contributed by atoms with Gasteiger partial charge in [0, 0.05) is 12.8 Å². The number of hydrogen-bond acceptors (Lipinski definition) is 6. The molecule has 0 spiro atoms. The molecule has 9 heteroatoms. The van der Waals surface area contributed by atoms with Gasteiger partial charge in [0.25, 0.3) is 0 Å². The summed E-state index contributed by atoms with van der Waals surface area (Å²) in [5.41, 5.74) is 0. The predicted octanol–water partition coefficient (Wildman–Crippen LogP) is 13.1. The molecule has 0 rings (SSSR count). The lowest BCUT2D eigenvalue weighted by Gasteiger charge is -2.18. The largest absolute Gasteiger partial charge is 0.469 e. The van der Waals surface area contributed by atoms with Gasteiger partial charge in [0.15, 0.2) is 6.10 Å². The van der Waals surface area contributed by atoms with Crippen LogP contribution >= 0.6 is 7.82 Å². The summed E-state index contributed by atoms with van der Waals surface area (Å²) in [6.07, 6.45) is 48.3. The minimum absolute atomic E-state index is 0.207. The summed E-state index contributed by atoms with van der Waals surface area (Å²) < 4.78 is 26.4. The van der Waals surface area contributed by atoms with Gasteiger partial charge in [0.05, 0.1) is 6.61 Å². The number of phosphoric ester groups is 1. The van der Waals surface area contributed by atoms with Crippen molar-refractivity contribution in [3.63, 3.8) is 0 Å². The molecule has 0 heterocycles. The van der Waals surface area contributed by atoms with Crippen molar-refractivity contribution in [1.82, 2.24) is 0 Å². The van der Waals surface area contributed by atoms with E-state index >= 15 is 0 Å². The second-order valence-corrected chi connectivity index (χ2v) is 15.6. The Morgan fingerprint density at radius 3 is 1.34 bits per heavy atom. The van der Waals surface area contributed by atoms with Crippen LogP contribution in [0.5, 0.6) is 0 Å². The molecule has 308 valence electrons. The summed E-state index contributed by atoms with van der Waals surface area (Å²) in [6, 6.07) is 0. The molecule has 0 aliphatic heterocycles. The van der Waals surface area contributed by atoms with E-state index in [1.54, 1.807) is 0 Å². The third kappa shape index (κ3) is 42.6. The van der Waals surface area contributed by atoms with Crippen LogP contribution in [-0.4, -0.2) is 41.0 Å². The van der Waals surface area contributed by atoms with Gasteiger partial charge >= 0.3 is 19.8 Å². The maximum absolute atomic E-state index is 12.4. The normalized spacial score (nSPS) is 12.9. The average molecular weight is 767 g/mol. The lowest BCUT2D eigenvalue weighted by Crippen LogP contribution is -2.29. The van der Waals surface area contributed by atoms with Crippen molar-refractivity contribution in [2.45, 2.75) is 206 Å². The second-order valence-electron chi connectivity index (χ2n) is 14.3. The Morgan fingerprint density at radius 2 is 0.887 bits per heavy atom. The molecule has 0 aromatic carbocycles. The lowest BCUT2D eigenvalue weighted by molar-refractivity contribution is -0.161. The summed E-state index contributed by atoms with van der Waals surface area (Å²) in [5, 5.41) is 0. The second kappa shape index (κ2) is 39.7. The maximum Gasteiger partial charge on any atom is 0.469 e. The fourth-order valence-corrected chi connectivity index (χ4v) is 6.25. The summed E-state index contributed by atoms with van der Waals surface area (Å²) in [7, 11) is -4.76. The Labute approximate surface area is 324 Å². The Morgan fingerprint density at radius 1 is 0.491 bits per heavy atom. The van der Waals surface area contributed by atoms with Gasteiger partial charge in [-0.1, -0.05) is 184 Å². The zero-order chi connectivity index (χ0) is 38.9. The summed E-state index contributed by atoms with van der Waals surface area (Å²) >= 11 is 0. The molecule has 0 amide bonds. The molecule has 0 aliphatic rings. The van der Waals surface area contributed by atoms with Crippen molar-refractivity contribution in [3.8, 4) is 0 Å². The Kier molecular flexibility index (Phi) is 38.2. The molecule has 0 radical (unpaired) electrons. The first kappa shape index (κ1) is 51.0. The smallest absolute Gasteiger partial charge is 0.462 e. The molecule has 0 unspecified atom stereocenters. The van der Waals surface area contributed by atoms with Crippen molar-refractivity contribution in [1.29, 1.82) is 0 Å². The number of carbonyl (C=O) groups is 2. The van der Waals surface area contributed by atoms with Gasteiger partial charge in [0.2, 0.25) is 0 Å². The van der Waals surface area contributed by atoms with E-state index in [1.807, 2.05) is 0 Å². The molecule has 0 saturated carbocycles. The van der Waals surface area contributed by atoms with Gasteiger partial charge in [-0.05, 0) is 51.4 Å². The first-order valence-electron chi connectivity index (χ1n) is 21.4. The molecule has 8 nitrogen and oxygen atoms in total. The molecule has 0 fully saturated rings. The number of rotatable bonds is 39. The van der Waals surface area contributed by atoms with Gasteiger partial charge in [-0.3, -0.25) is 14.1 Å². The van der Waals surface area contributed by atoms with Crippen LogP contribution in [0.15, 0.2) is 48.6 Å². The molecule has 0 bridgehead atoms. The molecular weight excluding hydrogens is 687 g/mol. The van der Waals surface area contributed by atoms with Crippen LogP contribution in [0.25, 0.3) is 0 Å². The Bertz CT molecular complexity index is 999. The van der Waals surface area contributed by atoms with E-state index < -0.39 is 32.5 Å². The van der Waals surface area contributed by atoms with Gasteiger partial charge in [0.1, 0.15) is 6.61 Å². The Hall–Kier alpha value is -1.99. The summed E-state index contributed by atoms with van der Waals surface area (Å²) in [5.74, 6) is -0.916. The SMILES string of the molecule is CCC/C=C/C/C=C/C/C=C/C/C=C/CCCCCC(=O)OC[C@H](COP(=O)(O)O)OC(=O)CCCCCCCCCCCCCCCCCCCC. The van der Waals surface area contributed by atoms with E-state index in [1.165, 1.54) is 96.3 Å². The molecule has 1 atom stereocenters. The third-order valence-corrected chi connectivity index (χ3v) is 9.57. The van der Waals surface area contributed by atoms with Crippen LogP contribution in [-0.2, 0) is 28.2 Å². The monoisotopic (exact) mass is 767 g/mol. The van der Waals surface area contributed by atoms with E-state index in [0.29, 0.717) is 12.8 Å². The molecule has 0 saturated heterocycles. The van der Waals surface area contributed by atoms with Crippen molar-refractivity contribution >= 4 is 19.8 Å². The minimum Gasteiger partial charge on any atom is -0.462 e. The molecule has 0 aromatic rings. The van der Waals surface area contributed by atoms with Gasteiger partial charge in [-0.2, -0.15) is 0 Å². The maximum atomic E-state index is 12.4. The number of unbranched alkanes of at least 4 members (excludes halogenated alkanes) is 21. The van der Waals surface area contributed by atoms with Crippen LogP contribution in [0.1, 0.15) is 200 Å². The predicted molar refractivity (Wildman–Crippen MR) is 221 cm³/mol. The first-order chi connectivity index (χ1) is 25.8. The zero-order valence-corrected chi connectivity index (χ0v) is 34.8. The van der Waals surface area contributed by atoms with Crippen molar-refractivity contribution in [3.05, 3.63) is 48.6 Å². The van der Waals surface area contributed by atoms with E-state index in [2.05, 4.69) is 67.0 Å². The third-order valence-electron chi connectivity index (χ3n) is 9.08. The number of hydrogen-bond donors (Lipinski definition) is 2. The fourth-order valence-electron chi connectivity index (χ4n) is 5.89. The van der Waals surface area contributed by atoms with E-state index in [-0.39, 0.29) is 19.4 Å². The minimum atomic E-state index is -4.76. The summed E-state index contributed by atoms with van der Waals surface area (Å²) in [4.78, 5) is 42.9. The van der Waals surface area contributed by atoms with E-state index in [4.69, 9.17) is 19.3 Å². The highest BCUT2D eigenvalue weighted by Crippen LogP contribution is 2.36. The molecule has 0 aliphatic carbocycles. The van der Waals surface area contributed by atoms with Gasteiger partial charge in [-0.15, -0.1) is 0 Å². The van der Waals surface area contributed by atoms with Crippen molar-refractivity contribution in [2.24, 2.45) is 0 Å². The number of esters is 2. The molecule has 0 aromatic heterocycles. The van der Waals surface area contributed by atoms with E-state index in [9.17, 15) is 14.2 Å². The Balaban J connectivity index is 3.95. The van der Waals surface area contributed by atoms with Crippen LogP contribution in [0.3, 0.4) is 0 Å². The van der Waals surface area contributed by atoms with Crippen molar-refractivity contribution < 1.29 is 37.9 Å². The van der Waals surface area contributed by atoms with Crippen LogP contribution in [0.4, 0.5) is 0 Å². The van der Waals surface area contributed by atoms with E-state index in [0.717, 1.165) is 64.2 Å². The van der Waals surface area contributed by atoms with Crippen LogP contribution in [0, 0.1) is 0 Å². The van der Waals surface area contributed by atoms with Crippen LogP contribution in [0.2, 0.25) is 0 Å². The first-order valence-corrected chi connectivity index (χ1v) is 23.0. The fraction of sp³-hybridized carbons (Fsp3) is 0.773. The zero-order valence-electron chi connectivity index (χ0n) is 33.9. The highest BCUT2D eigenvalue weighted by molar-refractivity contribution is 7.46. The topological polar surface area (TPSA) is 119 Å². The van der Waals surface area contributed by atoms with Gasteiger partial charge in [-0.25, -0.2) is 4.57 Å². The summed E-state index contributed by atoms with van der Waals surface area (Å²) in [6.45, 7) is 3.60. The average Bonchev–Trinajstić information content (AvgIpc) is 3.13. The number of phosphoric acid groups is 1. The molecular formula is C44H79O8P. The number of allylic oxidation sites excluding steroid dienone is 8. The molecule has 53 heavy (non-hydrogen) atoms. The quantitative estimate of drug-likeness (QED) is 0.0275. The number of carbonyl (C=O) groups excluding carboxylic acids is 2. The van der Waals surface area contributed by atoms with Crippen LogP contribution < -0.4 is 0 Å². The standard InChI is InChI=1S/C44H79O8P/c1-3-5-7-9-11-13-15-17-19-21-23-25-27-29-31-33-35-37-39-44(46)52-42(41-51-53(47,48)49)40-50-43(45)38-36-34-32-30-28-26-24-22-20-18-16-14-12-10-8-6-4-2/h8,10,14,16,20,22,26,28,42H,3-7,9,11-13,15,17-19,21,23-25,27,29-41H2,1-2H3,(H2,47,48,49)/b10-8+,16-14+,22-20+,28-26+/t42-/m1/s1.